The molecule has 0 fully saturated rings. The van der Waals surface area contributed by atoms with Crippen molar-refractivity contribution in [1.29, 1.82) is 0 Å². The van der Waals surface area contributed by atoms with Crippen LogP contribution in [0.4, 0.5) is 0 Å². The second-order valence-corrected chi connectivity index (χ2v) is 8.29. The van der Waals surface area contributed by atoms with E-state index in [1.54, 1.807) is 0 Å². The summed E-state index contributed by atoms with van der Waals surface area (Å²) in [6.07, 6.45) is 12.6. The van der Waals surface area contributed by atoms with Crippen LogP contribution in [0.25, 0.3) is 0 Å². The normalized spacial score (nSPS) is 12.1. The molecule has 0 spiro atoms. The Morgan fingerprint density at radius 2 is 1.52 bits per heavy atom. The molecule has 1 atom stereocenters. The van der Waals surface area contributed by atoms with E-state index in [1.807, 2.05) is 0 Å². The molecule has 0 aliphatic carbocycles. The van der Waals surface area contributed by atoms with Crippen molar-refractivity contribution in [2.24, 2.45) is 0 Å². The molecule has 0 amide bonds. The number of carbonyl (C=O) groups excluding carboxylic acids is 2. The van der Waals surface area contributed by atoms with Crippen LogP contribution in [0, 0.1) is 0 Å². The number of hydrogen-bond donors (Lipinski definition) is 2. The molecule has 4 nitrogen and oxygen atoms in total. The van der Waals surface area contributed by atoms with Gasteiger partial charge in [-0.05, 0) is 0 Å². The van der Waals surface area contributed by atoms with Gasteiger partial charge in [0.1, 0.15) is 0 Å². The Morgan fingerprint density at radius 1 is 1.00 bits per heavy atom. The standard InChI is InChI=1S/C17H33NO3SSe/c1-3-4-5-6-7-8-9-10-11-12-13-21-17(20)16(14-22)18-23-15(2)19/h16,18,22H,3-14H2,1-2H3. The van der Waals surface area contributed by atoms with Crippen LogP contribution in [0.2, 0.25) is 0 Å². The van der Waals surface area contributed by atoms with Gasteiger partial charge in [-0.1, -0.05) is 26.2 Å². The van der Waals surface area contributed by atoms with E-state index in [9.17, 15) is 9.59 Å². The first kappa shape index (κ1) is 23.0. The van der Waals surface area contributed by atoms with Gasteiger partial charge in [0.15, 0.2) is 0 Å². The van der Waals surface area contributed by atoms with Crippen molar-refractivity contribution in [3.05, 3.63) is 0 Å². The molecule has 136 valence electrons. The third-order valence-corrected chi connectivity index (χ3v) is 5.37. The Balaban J connectivity index is 3.45. The van der Waals surface area contributed by atoms with Gasteiger partial charge in [-0.15, -0.1) is 0 Å². The Morgan fingerprint density at radius 3 is 2.00 bits per heavy atom. The first-order valence-corrected chi connectivity index (χ1v) is 11.2. The SMILES string of the molecule is CCCCCCCCCCCCOC(=O)C(CS)N[Se]C(C)=O. The van der Waals surface area contributed by atoms with E-state index in [0.717, 1.165) is 12.8 Å². The van der Waals surface area contributed by atoms with Crippen LogP contribution in [0.1, 0.15) is 78.1 Å². The molecule has 0 radical (unpaired) electrons. The van der Waals surface area contributed by atoms with Crippen molar-refractivity contribution >= 4 is 38.5 Å². The number of nitrogens with one attached hydrogen (secondary N) is 1. The average Bonchev–Trinajstić information content (AvgIpc) is 2.53. The molecule has 0 rings (SSSR count). The van der Waals surface area contributed by atoms with Gasteiger partial charge in [0.05, 0.1) is 0 Å². The van der Waals surface area contributed by atoms with Crippen LogP contribution in [0.15, 0.2) is 0 Å². The second-order valence-electron chi connectivity index (χ2n) is 5.80. The summed E-state index contributed by atoms with van der Waals surface area (Å²) in [5.41, 5.74) is 0. The van der Waals surface area contributed by atoms with Crippen LogP contribution >= 0.6 is 12.6 Å². The number of unbranched alkanes of at least 4 members (excludes halogenated alkanes) is 9. The van der Waals surface area contributed by atoms with Crippen molar-refractivity contribution in [3.63, 3.8) is 0 Å². The van der Waals surface area contributed by atoms with E-state index in [0.29, 0.717) is 12.4 Å². The van der Waals surface area contributed by atoms with Crippen molar-refractivity contribution in [3.8, 4) is 0 Å². The molecule has 0 aromatic heterocycles. The van der Waals surface area contributed by atoms with Crippen LogP contribution in [-0.2, 0) is 14.3 Å². The molecular weight excluding hydrogens is 377 g/mol. The van der Waals surface area contributed by atoms with E-state index in [-0.39, 0.29) is 25.8 Å². The first-order valence-electron chi connectivity index (χ1n) is 8.82. The molecule has 0 aliphatic heterocycles. The number of ether oxygens (including phenoxy) is 1. The van der Waals surface area contributed by atoms with Crippen LogP contribution in [-0.4, -0.2) is 44.2 Å². The van der Waals surface area contributed by atoms with Gasteiger partial charge in [0, 0.05) is 0 Å². The van der Waals surface area contributed by atoms with Gasteiger partial charge >= 0.3 is 127 Å². The minimum absolute atomic E-state index is 0.0618. The summed E-state index contributed by atoms with van der Waals surface area (Å²) < 4.78 is 8.23. The fourth-order valence-electron chi connectivity index (χ4n) is 2.18. The summed E-state index contributed by atoms with van der Waals surface area (Å²) in [6.45, 7) is 4.22. The molecule has 0 bridgehead atoms. The Kier molecular flexibility index (Phi) is 16.8. The quantitative estimate of drug-likeness (QED) is 0.177. The van der Waals surface area contributed by atoms with E-state index < -0.39 is 6.04 Å². The molecule has 0 heterocycles. The topological polar surface area (TPSA) is 55.4 Å². The third kappa shape index (κ3) is 15.2. The van der Waals surface area contributed by atoms with Crippen LogP contribution in [0.5, 0.6) is 0 Å². The van der Waals surface area contributed by atoms with Gasteiger partial charge in [0.2, 0.25) is 0 Å². The average molecular weight is 410 g/mol. The molecule has 0 aromatic carbocycles. The zero-order valence-corrected chi connectivity index (χ0v) is 17.3. The van der Waals surface area contributed by atoms with Gasteiger partial charge < -0.3 is 0 Å². The summed E-state index contributed by atoms with van der Waals surface area (Å²) >= 11 is 3.75. The summed E-state index contributed by atoms with van der Waals surface area (Å²) in [4.78, 5) is 22.7. The summed E-state index contributed by atoms with van der Waals surface area (Å²) in [5.74, 6) is 0.0605. The predicted octanol–water partition coefficient (Wildman–Crippen LogP) is 3.50. The number of thiol groups is 1. The maximum absolute atomic E-state index is 11.8. The molecule has 0 aliphatic rings. The molecule has 1 N–H and O–H groups in total. The van der Waals surface area contributed by atoms with Gasteiger partial charge in [-0.2, -0.15) is 0 Å². The van der Waals surface area contributed by atoms with Crippen LogP contribution < -0.4 is 4.33 Å². The summed E-state index contributed by atoms with van der Waals surface area (Å²) in [5, 5.41) is 0. The third-order valence-electron chi connectivity index (χ3n) is 3.55. The van der Waals surface area contributed by atoms with E-state index >= 15 is 0 Å². The van der Waals surface area contributed by atoms with Crippen molar-refractivity contribution < 1.29 is 14.3 Å². The predicted molar refractivity (Wildman–Crippen MR) is 100 cm³/mol. The zero-order valence-electron chi connectivity index (χ0n) is 14.6. The van der Waals surface area contributed by atoms with Crippen molar-refractivity contribution in [2.45, 2.75) is 84.1 Å². The fraction of sp³-hybridized carbons (Fsp3) is 0.882. The molecule has 1 unspecified atom stereocenters. The first-order chi connectivity index (χ1) is 11.1. The minimum atomic E-state index is -0.467. The Bertz CT molecular complexity index is 316. The molecule has 0 saturated heterocycles. The number of carbonyl (C=O) groups is 2. The zero-order chi connectivity index (χ0) is 17.3. The van der Waals surface area contributed by atoms with Crippen LogP contribution in [0.3, 0.4) is 0 Å². The maximum atomic E-state index is 11.8. The monoisotopic (exact) mass is 411 g/mol. The second kappa shape index (κ2) is 16.8. The molecule has 23 heavy (non-hydrogen) atoms. The van der Waals surface area contributed by atoms with E-state index in [2.05, 4.69) is 23.9 Å². The summed E-state index contributed by atoms with van der Waals surface area (Å²) in [6, 6.07) is -0.467. The fourth-order valence-corrected chi connectivity index (χ4v) is 3.72. The number of esters is 1. The van der Waals surface area contributed by atoms with Gasteiger partial charge in [0.25, 0.3) is 0 Å². The van der Waals surface area contributed by atoms with E-state index in [1.165, 1.54) is 58.3 Å². The Labute approximate surface area is 153 Å². The molecule has 0 saturated carbocycles. The Hall–Kier alpha value is -0.0305. The van der Waals surface area contributed by atoms with Gasteiger partial charge in [-0.25, -0.2) is 0 Å². The number of hydrogen-bond acceptors (Lipinski definition) is 5. The van der Waals surface area contributed by atoms with Gasteiger partial charge in [-0.3, -0.25) is 0 Å². The number of rotatable bonds is 16. The molecule has 6 heteroatoms. The molecule has 0 aromatic rings. The summed E-state index contributed by atoms with van der Waals surface area (Å²) in [7, 11) is 0. The van der Waals surface area contributed by atoms with Crippen molar-refractivity contribution in [1.82, 2.24) is 4.33 Å². The molecular formula is C17H33NO3SSe. The van der Waals surface area contributed by atoms with E-state index in [4.69, 9.17) is 4.74 Å². The van der Waals surface area contributed by atoms with Crippen molar-refractivity contribution in [2.75, 3.05) is 12.4 Å².